The first-order valence-corrected chi connectivity index (χ1v) is 8.76. The van der Waals surface area contributed by atoms with E-state index < -0.39 is 5.82 Å². The van der Waals surface area contributed by atoms with Crippen molar-refractivity contribution in [3.63, 3.8) is 0 Å². The van der Waals surface area contributed by atoms with Gasteiger partial charge < -0.3 is 9.88 Å². The van der Waals surface area contributed by atoms with Crippen LogP contribution in [0.15, 0.2) is 43.2 Å². The second-order valence-corrected chi connectivity index (χ2v) is 6.42. The van der Waals surface area contributed by atoms with Gasteiger partial charge in [0.1, 0.15) is 12.1 Å². The van der Waals surface area contributed by atoms with Crippen LogP contribution in [0.2, 0.25) is 0 Å². The van der Waals surface area contributed by atoms with Crippen molar-refractivity contribution in [2.75, 3.05) is 5.32 Å². The second kappa shape index (κ2) is 7.18. The predicted octanol–water partition coefficient (Wildman–Crippen LogP) is 2.64. The molecule has 0 saturated carbocycles. The molecule has 0 fully saturated rings. The summed E-state index contributed by atoms with van der Waals surface area (Å²) in [7, 11) is 0. The van der Waals surface area contributed by atoms with Crippen LogP contribution in [0.1, 0.15) is 23.4 Å². The summed E-state index contributed by atoms with van der Waals surface area (Å²) in [5.41, 5.74) is 3.46. The van der Waals surface area contributed by atoms with Crippen LogP contribution < -0.4 is 5.32 Å². The van der Waals surface area contributed by atoms with Crippen molar-refractivity contribution in [1.29, 1.82) is 0 Å². The number of hydrogen-bond acceptors (Lipinski definition) is 5. The molecule has 0 atom stereocenters. The van der Waals surface area contributed by atoms with Gasteiger partial charge in [-0.2, -0.15) is 10.1 Å². The highest BCUT2D eigenvalue weighted by molar-refractivity contribution is 5.91. The molecule has 0 bridgehead atoms. The van der Waals surface area contributed by atoms with Crippen LogP contribution in [0, 0.1) is 19.7 Å². The van der Waals surface area contributed by atoms with Gasteiger partial charge in [0.15, 0.2) is 0 Å². The van der Waals surface area contributed by atoms with Crippen molar-refractivity contribution in [2.45, 2.75) is 26.7 Å². The minimum Gasteiger partial charge on any atom is -0.326 e. The fraction of sp³-hybridized carbons (Fsp3) is 0.211. The molecule has 0 aliphatic heterocycles. The molecule has 1 amide bonds. The minimum atomic E-state index is -0.441. The first kappa shape index (κ1) is 17.8. The number of benzene rings is 1. The smallest absolute Gasteiger partial charge is 0.252 e. The number of imidazole rings is 1. The van der Waals surface area contributed by atoms with Crippen molar-refractivity contribution in [1.82, 2.24) is 29.1 Å². The summed E-state index contributed by atoms with van der Waals surface area (Å²) >= 11 is 0. The highest BCUT2D eigenvalue weighted by Crippen LogP contribution is 2.19. The molecular weight excluding hydrogens is 361 g/mol. The standard InChI is InChI=1S/C19H18FN7O/c1-12-15(13(2)27-19(24-12)22-10-23-27)4-6-18(28)25-14-3-5-17(16(20)9-14)26-8-7-21-11-26/h3,5,7-11H,4,6H2,1-2H3,(H,25,28). The molecule has 28 heavy (non-hydrogen) atoms. The molecule has 1 N–H and O–H groups in total. The van der Waals surface area contributed by atoms with Gasteiger partial charge in [0.2, 0.25) is 5.91 Å². The Labute approximate surface area is 160 Å². The molecule has 0 spiro atoms. The molecule has 0 aliphatic carbocycles. The van der Waals surface area contributed by atoms with Crippen LogP contribution in [0.25, 0.3) is 11.5 Å². The number of carbonyl (C=O) groups excluding carboxylic acids is 1. The van der Waals surface area contributed by atoms with Crippen LogP contribution in [0.5, 0.6) is 0 Å². The van der Waals surface area contributed by atoms with Crippen LogP contribution in [0.3, 0.4) is 0 Å². The summed E-state index contributed by atoms with van der Waals surface area (Å²) in [6.07, 6.45) is 6.94. The maximum Gasteiger partial charge on any atom is 0.252 e. The molecule has 0 aliphatic rings. The first-order chi connectivity index (χ1) is 13.5. The summed E-state index contributed by atoms with van der Waals surface area (Å²) in [4.78, 5) is 24.7. The third-order valence-corrected chi connectivity index (χ3v) is 4.60. The molecule has 0 saturated heterocycles. The van der Waals surface area contributed by atoms with E-state index in [0.717, 1.165) is 17.0 Å². The first-order valence-electron chi connectivity index (χ1n) is 8.76. The van der Waals surface area contributed by atoms with Crippen molar-refractivity contribution in [2.24, 2.45) is 0 Å². The van der Waals surface area contributed by atoms with Gasteiger partial charge in [-0.3, -0.25) is 4.79 Å². The van der Waals surface area contributed by atoms with E-state index in [4.69, 9.17) is 0 Å². The maximum atomic E-state index is 14.3. The topological polar surface area (TPSA) is 90.0 Å². The highest BCUT2D eigenvalue weighted by Gasteiger charge is 2.13. The number of fused-ring (bicyclic) bond motifs is 1. The van der Waals surface area contributed by atoms with Crippen LogP contribution in [0.4, 0.5) is 10.1 Å². The number of halogens is 1. The summed E-state index contributed by atoms with van der Waals surface area (Å²) in [5, 5.41) is 6.89. The van der Waals surface area contributed by atoms with Crippen LogP contribution in [-0.4, -0.2) is 35.0 Å². The molecule has 0 radical (unpaired) electrons. The van der Waals surface area contributed by atoms with E-state index in [1.807, 2.05) is 13.8 Å². The fourth-order valence-corrected chi connectivity index (χ4v) is 3.17. The van der Waals surface area contributed by atoms with Gasteiger partial charge in [-0.25, -0.2) is 18.9 Å². The largest absolute Gasteiger partial charge is 0.326 e. The van der Waals surface area contributed by atoms with E-state index >= 15 is 0 Å². The summed E-state index contributed by atoms with van der Waals surface area (Å²) in [5.74, 6) is -0.104. The Kier molecular flexibility index (Phi) is 4.56. The predicted molar refractivity (Wildman–Crippen MR) is 101 cm³/mol. The van der Waals surface area contributed by atoms with Gasteiger partial charge in [0.05, 0.1) is 12.0 Å². The number of rotatable bonds is 5. The quantitative estimate of drug-likeness (QED) is 0.576. The number of carbonyl (C=O) groups is 1. The Morgan fingerprint density at radius 3 is 2.89 bits per heavy atom. The highest BCUT2D eigenvalue weighted by atomic mass is 19.1. The Morgan fingerprint density at radius 2 is 2.14 bits per heavy atom. The Bertz CT molecular complexity index is 1150. The van der Waals surface area contributed by atoms with E-state index in [2.05, 4.69) is 25.4 Å². The van der Waals surface area contributed by atoms with Gasteiger partial charge in [0.25, 0.3) is 5.78 Å². The molecule has 3 heterocycles. The molecule has 4 rings (SSSR count). The fourth-order valence-electron chi connectivity index (χ4n) is 3.17. The lowest BCUT2D eigenvalue weighted by molar-refractivity contribution is -0.116. The Balaban J connectivity index is 1.45. The zero-order chi connectivity index (χ0) is 19.7. The lowest BCUT2D eigenvalue weighted by Crippen LogP contribution is -2.14. The van der Waals surface area contributed by atoms with Gasteiger partial charge in [-0.1, -0.05) is 0 Å². The zero-order valence-corrected chi connectivity index (χ0v) is 15.4. The molecule has 4 aromatic rings. The lowest BCUT2D eigenvalue weighted by Gasteiger charge is -2.11. The molecule has 0 unspecified atom stereocenters. The number of hydrogen-bond donors (Lipinski definition) is 1. The number of amides is 1. The van der Waals surface area contributed by atoms with Crippen LogP contribution in [-0.2, 0) is 11.2 Å². The van der Waals surface area contributed by atoms with Gasteiger partial charge in [-0.15, -0.1) is 0 Å². The van der Waals surface area contributed by atoms with Gasteiger partial charge in [-0.05, 0) is 44.0 Å². The summed E-state index contributed by atoms with van der Waals surface area (Å²) in [6, 6.07) is 4.56. The molecule has 3 aromatic heterocycles. The monoisotopic (exact) mass is 379 g/mol. The van der Waals surface area contributed by atoms with Crippen molar-refractivity contribution in [3.8, 4) is 5.69 Å². The van der Waals surface area contributed by atoms with E-state index in [1.54, 1.807) is 33.6 Å². The second-order valence-electron chi connectivity index (χ2n) is 6.42. The number of aromatic nitrogens is 6. The zero-order valence-electron chi connectivity index (χ0n) is 15.4. The van der Waals surface area contributed by atoms with Crippen LogP contribution >= 0.6 is 0 Å². The number of nitrogens with one attached hydrogen (secondary N) is 1. The third kappa shape index (κ3) is 3.34. The number of anilines is 1. The molecular formula is C19H18FN7O. The van der Waals surface area contributed by atoms with Crippen molar-refractivity contribution >= 4 is 17.4 Å². The summed E-state index contributed by atoms with van der Waals surface area (Å²) < 4.78 is 17.5. The summed E-state index contributed by atoms with van der Waals surface area (Å²) in [6.45, 7) is 3.81. The molecule has 8 nitrogen and oxygen atoms in total. The lowest BCUT2D eigenvalue weighted by atomic mass is 10.1. The SMILES string of the molecule is Cc1nc2ncnn2c(C)c1CCC(=O)Nc1ccc(-n2ccnc2)c(F)c1. The average Bonchev–Trinajstić information content (AvgIpc) is 3.33. The van der Waals surface area contributed by atoms with Gasteiger partial charge in [0, 0.05) is 35.9 Å². The number of nitrogens with zero attached hydrogens (tertiary/aromatic N) is 6. The Morgan fingerprint density at radius 1 is 1.29 bits per heavy atom. The van der Waals surface area contributed by atoms with E-state index in [-0.39, 0.29) is 12.3 Å². The Hall–Kier alpha value is -3.62. The van der Waals surface area contributed by atoms with Crippen molar-refractivity contribution in [3.05, 3.63) is 66.0 Å². The van der Waals surface area contributed by atoms with E-state index in [1.165, 1.54) is 18.7 Å². The third-order valence-electron chi connectivity index (χ3n) is 4.60. The maximum absolute atomic E-state index is 14.3. The molecule has 1 aromatic carbocycles. The molecule has 142 valence electrons. The molecule has 9 heteroatoms. The average molecular weight is 379 g/mol. The van der Waals surface area contributed by atoms with Crippen molar-refractivity contribution < 1.29 is 9.18 Å². The normalized spacial score (nSPS) is 11.1. The van der Waals surface area contributed by atoms with E-state index in [9.17, 15) is 9.18 Å². The minimum absolute atomic E-state index is 0.202. The van der Waals surface area contributed by atoms with Gasteiger partial charge >= 0.3 is 0 Å². The number of aryl methyl sites for hydroxylation is 2. The van der Waals surface area contributed by atoms with E-state index in [0.29, 0.717) is 23.6 Å².